The number of likely N-dealkylation sites (N-methyl/N-ethyl adjacent to an activating group) is 1. The van der Waals surface area contributed by atoms with E-state index in [0.29, 0.717) is 30.8 Å². The molecule has 0 saturated carbocycles. The third kappa shape index (κ3) is 11.5. The van der Waals surface area contributed by atoms with Crippen molar-refractivity contribution in [3.63, 3.8) is 0 Å². The van der Waals surface area contributed by atoms with Gasteiger partial charge < -0.3 is 24.0 Å². The zero-order valence-electron chi connectivity index (χ0n) is 17.9. The summed E-state index contributed by atoms with van der Waals surface area (Å²) in [5.74, 6) is 0.0603. The van der Waals surface area contributed by atoms with Crippen LogP contribution in [0.4, 0.5) is 0 Å². The quantitative estimate of drug-likeness (QED) is 0.426. The molecule has 150 valence electrons. The standard InChI is InChI=1S/C19H41N2O4/c1-16(22)20(6)18(2,3)10-13-25-19(4,5)11-12-24-15-17(23)14-21(7,8)9/h17,23H,10-15H2,1-9H3/q+1. The highest BCUT2D eigenvalue weighted by molar-refractivity contribution is 5.73. The normalized spacial score (nSPS) is 14.5. The van der Waals surface area contributed by atoms with Crippen molar-refractivity contribution in [1.82, 2.24) is 4.90 Å². The first-order valence-corrected chi connectivity index (χ1v) is 9.11. The molecule has 0 heterocycles. The molecule has 1 unspecified atom stereocenters. The van der Waals surface area contributed by atoms with Crippen molar-refractivity contribution >= 4 is 5.91 Å². The largest absolute Gasteiger partial charge is 0.385 e. The number of carbonyl (C=O) groups excluding carboxylic acids is 1. The lowest BCUT2D eigenvalue weighted by molar-refractivity contribution is -0.873. The van der Waals surface area contributed by atoms with E-state index < -0.39 is 6.10 Å². The topological polar surface area (TPSA) is 59.0 Å². The molecule has 0 spiro atoms. The Kier molecular flexibility index (Phi) is 9.58. The van der Waals surface area contributed by atoms with Gasteiger partial charge in [-0.2, -0.15) is 0 Å². The highest BCUT2D eigenvalue weighted by Gasteiger charge is 2.27. The predicted molar refractivity (Wildman–Crippen MR) is 102 cm³/mol. The van der Waals surface area contributed by atoms with Crippen LogP contribution in [0, 0.1) is 0 Å². The maximum absolute atomic E-state index is 11.5. The average molecular weight is 362 g/mol. The number of aliphatic hydroxyl groups is 1. The Morgan fingerprint density at radius 2 is 1.68 bits per heavy atom. The van der Waals surface area contributed by atoms with E-state index in [1.54, 1.807) is 11.8 Å². The fourth-order valence-corrected chi connectivity index (χ4v) is 2.47. The van der Waals surface area contributed by atoms with Gasteiger partial charge in [0.1, 0.15) is 12.6 Å². The molecule has 0 bridgehead atoms. The van der Waals surface area contributed by atoms with E-state index in [1.807, 2.05) is 55.9 Å². The SMILES string of the molecule is CC(=O)N(C)C(C)(C)CCOC(C)(C)CCOCC(O)C[N+](C)(C)C. The second-order valence-electron chi connectivity index (χ2n) is 9.20. The van der Waals surface area contributed by atoms with E-state index in [0.717, 1.165) is 12.8 Å². The van der Waals surface area contributed by atoms with Gasteiger partial charge >= 0.3 is 0 Å². The number of rotatable bonds is 12. The lowest BCUT2D eigenvalue weighted by atomic mass is 9.98. The number of hydrogen-bond acceptors (Lipinski definition) is 4. The minimum atomic E-state index is -0.452. The minimum absolute atomic E-state index is 0.0603. The summed E-state index contributed by atoms with van der Waals surface area (Å²) < 4.78 is 12.3. The number of quaternary nitrogens is 1. The van der Waals surface area contributed by atoms with E-state index in [-0.39, 0.29) is 17.0 Å². The van der Waals surface area contributed by atoms with Crippen LogP contribution in [0.5, 0.6) is 0 Å². The van der Waals surface area contributed by atoms with Crippen LogP contribution >= 0.6 is 0 Å². The number of hydrogen-bond donors (Lipinski definition) is 1. The van der Waals surface area contributed by atoms with Gasteiger partial charge in [0.15, 0.2) is 0 Å². The molecule has 1 atom stereocenters. The summed E-state index contributed by atoms with van der Waals surface area (Å²) in [4.78, 5) is 13.3. The Balaban J connectivity index is 4.08. The Morgan fingerprint density at radius 3 is 2.16 bits per heavy atom. The number of nitrogens with zero attached hydrogens (tertiary/aromatic N) is 2. The summed E-state index contributed by atoms with van der Waals surface area (Å²) in [5, 5.41) is 9.94. The molecule has 0 radical (unpaired) electrons. The predicted octanol–water partition coefficient (Wildman–Crippen LogP) is 1.90. The highest BCUT2D eigenvalue weighted by atomic mass is 16.5. The van der Waals surface area contributed by atoms with Gasteiger partial charge in [-0.05, 0) is 40.5 Å². The lowest BCUT2D eigenvalue weighted by Crippen LogP contribution is -2.45. The molecule has 0 aromatic heterocycles. The molecule has 25 heavy (non-hydrogen) atoms. The molecule has 0 aliphatic rings. The molecule has 1 N–H and O–H groups in total. The Hall–Kier alpha value is -0.690. The fourth-order valence-electron chi connectivity index (χ4n) is 2.47. The van der Waals surface area contributed by atoms with Crippen LogP contribution in [0.2, 0.25) is 0 Å². The van der Waals surface area contributed by atoms with Crippen molar-refractivity contribution in [2.75, 3.05) is 54.6 Å². The molecular formula is C19H41N2O4+. The first-order chi connectivity index (χ1) is 11.2. The zero-order valence-corrected chi connectivity index (χ0v) is 17.9. The summed E-state index contributed by atoms with van der Waals surface area (Å²) in [7, 11) is 7.96. The summed E-state index contributed by atoms with van der Waals surface area (Å²) in [6, 6.07) is 0. The second kappa shape index (κ2) is 9.86. The summed E-state index contributed by atoms with van der Waals surface area (Å²) in [5.41, 5.74) is -0.524. The minimum Gasteiger partial charge on any atom is -0.385 e. The smallest absolute Gasteiger partial charge is 0.219 e. The number of carbonyl (C=O) groups is 1. The lowest BCUT2D eigenvalue weighted by Gasteiger charge is -2.36. The van der Waals surface area contributed by atoms with Crippen molar-refractivity contribution in [3.8, 4) is 0 Å². The van der Waals surface area contributed by atoms with Gasteiger partial charge in [-0.3, -0.25) is 4.79 Å². The molecule has 0 fully saturated rings. The van der Waals surface area contributed by atoms with Gasteiger partial charge in [-0.1, -0.05) is 0 Å². The third-order valence-electron chi connectivity index (χ3n) is 4.50. The van der Waals surface area contributed by atoms with Gasteiger partial charge in [0, 0.05) is 32.7 Å². The van der Waals surface area contributed by atoms with Crippen LogP contribution in [0.1, 0.15) is 47.5 Å². The molecule has 0 aromatic rings. The number of amides is 1. The number of ether oxygens (including phenoxy) is 2. The van der Waals surface area contributed by atoms with E-state index in [1.165, 1.54) is 0 Å². The average Bonchev–Trinajstić information content (AvgIpc) is 2.40. The first-order valence-electron chi connectivity index (χ1n) is 9.11. The van der Waals surface area contributed by atoms with Crippen molar-refractivity contribution in [3.05, 3.63) is 0 Å². The van der Waals surface area contributed by atoms with Gasteiger partial charge in [-0.15, -0.1) is 0 Å². The molecule has 0 saturated heterocycles. The monoisotopic (exact) mass is 361 g/mol. The van der Waals surface area contributed by atoms with Crippen molar-refractivity contribution in [2.24, 2.45) is 0 Å². The van der Waals surface area contributed by atoms with Crippen LogP contribution in [0.25, 0.3) is 0 Å². The Labute approximate surface area is 154 Å². The molecule has 6 heteroatoms. The van der Waals surface area contributed by atoms with Crippen LogP contribution in [0.3, 0.4) is 0 Å². The molecule has 1 amide bonds. The van der Waals surface area contributed by atoms with Crippen LogP contribution in [-0.2, 0) is 14.3 Å². The second-order valence-corrected chi connectivity index (χ2v) is 9.20. The first kappa shape index (κ1) is 24.3. The summed E-state index contributed by atoms with van der Waals surface area (Å²) in [6.45, 7) is 11.9. The van der Waals surface area contributed by atoms with Crippen molar-refractivity contribution in [2.45, 2.75) is 64.7 Å². The maximum atomic E-state index is 11.5. The molecule has 0 aliphatic heterocycles. The van der Waals surface area contributed by atoms with Gasteiger partial charge in [0.05, 0.1) is 33.4 Å². The highest BCUT2D eigenvalue weighted by Crippen LogP contribution is 2.21. The van der Waals surface area contributed by atoms with Gasteiger partial charge in [0.2, 0.25) is 5.91 Å². The molecule has 0 aliphatic carbocycles. The third-order valence-corrected chi connectivity index (χ3v) is 4.50. The molecular weight excluding hydrogens is 320 g/mol. The van der Waals surface area contributed by atoms with E-state index in [4.69, 9.17) is 9.47 Å². The van der Waals surface area contributed by atoms with E-state index in [2.05, 4.69) is 0 Å². The van der Waals surface area contributed by atoms with Crippen LogP contribution < -0.4 is 0 Å². The van der Waals surface area contributed by atoms with E-state index in [9.17, 15) is 9.90 Å². The Bertz CT molecular complexity index is 403. The van der Waals surface area contributed by atoms with Gasteiger partial charge in [0.25, 0.3) is 0 Å². The maximum Gasteiger partial charge on any atom is 0.219 e. The summed E-state index contributed by atoms with van der Waals surface area (Å²) >= 11 is 0. The molecule has 0 rings (SSSR count). The fraction of sp³-hybridized carbons (Fsp3) is 0.947. The van der Waals surface area contributed by atoms with E-state index >= 15 is 0 Å². The van der Waals surface area contributed by atoms with Crippen LogP contribution in [0.15, 0.2) is 0 Å². The molecule has 6 nitrogen and oxygen atoms in total. The van der Waals surface area contributed by atoms with Gasteiger partial charge in [-0.25, -0.2) is 0 Å². The number of aliphatic hydroxyl groups excluding tert-OH is 1. The van der Waals surface area contributed by atoms with Crippen molar-refractivity contribution < 1.29 is 23.9 Å². The zero-order chi connectivity index (χ0) is 19.9. The van der Waals surface area contributed by atoms with Crippen molar-refractivity contribution in [1.29, 1.82) is 0 Å². The summed E-state index contributed by atoms with van der Waals surface area (Å²) in [6.07, 6.45) is 1.08. The Morgan fingerprint density at radius 1 is 1.12 bits per heavy atom. The molecule has 0 aromatic carbocycles. The van der Waals surface area contributed by atoms with Crippen LogP contribution in [-0.4, -0.2) is 92.2 Å².